The fraction of sp³-hybridized carbons (Fsp3) is 0.0769. The van der Waals surface area contributed by atoms with Gasteiger partial charge in [0, 0.05) is 10.7 Å². The molecule has 6 nitrogen and oxygen atoms in total. The lowest BCUT2D eigenvalue weighted by Gasteiger charge is -2.03. The summed E-state index contributed by atoms with van der Waals surface area (Å²) in [6.07, 6.45) is 3.30. The molecule has 0 unspecified atom stereocenters. The average Bonchev–Trinajstić information content (AvgIpc) is 3.10. The SMILES string of the molecule is Brc1cnc2nc(CNc3ncnc4sccc34)[nH]c2c1. The molecule has 0 bridgehead atoms. The van der Waals surface area contributed by atoms with Crippen molar-refractivity contribution < 1.29 is 0 Å². The Morgan fingerprint density at radius 1 is 1.29 bits per heavy atom. The summed E-state index contributed by atoms with van der Waals surface area (Å²) in [5.41, 5.74) is 1.61. The van der Waals surface area contributed by atoms with Gasteiger partial charge in [0.2, 0.25) is 0 Å². The van der Waals surface area contributed by atoms with Crippen LogP contribution < -0.4 is 5.32 Å². The minimum atomic E-state index is 0.552. The Labute approximate surface area is 131 Å². The molecule has 0 atom stereocenters. The zero-order chi connectivity index (χ0) is 14.2. The number of hydrogen-bond donors (Lipinski definition) is 2. The molecule has 8 heteroatoms. The van der Waals surface area contributed by atoms with Gasteiger partial charge in [-0.1, -0.05) is 0 Å². The number of imidazole rings is 1. The van der Waals surface area contributed by atoms with E-state index < -0.39 is 0 Å². The molecule has 0 aromatic carbocycles. The minimum Gasteiger partial charge on any atom is -0.362 e. The Hall–Kier alpha value is -2.06. The highest BCUT2D eigenvalue weighted by Gasteiger charge is 2.07. The van der Waals surface area contributed by atoms with Crippen molar-refractivity contribution in [2.24, 2.45) is 0 Å². The van der Waals surface area contributed by atoms with Gasteiger partial charge in [-0.25, -0.2) is 19.9 Å². The van der Waals surface area contributed by atoms with Crippen LogP contribution in [-0.4, -0.2) is 24.9 Å². The van der Waals surface area contributed by atoms with Crippen molar-refractivity contribution in [2.45, 2.75) is 6.54 Å². The molecule has 0 aliphatic heterocycles. The van der Waals surface area contributed by atoms with Gasteiger partial charge in [0.25, 0.3) is 0 Å². The quantitative estimate of drug-likeness (QED) is 0.585. The molecule has 21 heavy (non-hydrogen) atoms. The first-order valence-corrected chi connectivity index (χ1v) is 7.89. The van der Waals surface area contributed by atoms with Crippen LogP contribution >= 0.6 is 27.3 Å². The fourth-order valence-corrected chi connectivity index (χ4v) is 3.17. The third kappa shape index (κ3) is 2.36. The van der Waals surface area contributed by atoms with Crippen LogP contribution in [0.1, 0.15) is 5.82 Å². The molecule has 0 aliphatic rings. The smallest absolute Gasteiger partial charge is 0.177 e. The molecule has 0 spiro atoms. The van der Waals surface area contributed by atoms with Crippen molar-refractivity contribution in [3.63, 3.8) is 0 Å². The number of halogens is 1. The van der Waals surface area contributed by atoms with Crippen LogP contribution in [0.4, 0.5) is 5.82 Å². The maximum Gasteiger partial charge on any atom is 0.177 e. The number of nitrogens with one attached hydrogen (secondary N) is 2. The third-order valence-corrected chi connectivity index (χ3v) is 4.29. The molecular formula is C13H9BrN6S. The summed E-state index contributed by atoms with van der Waals surface area (Å²) in [4.78, 5) is 21.4. The Morgan fingerprint density at radius 2 is 2.24 bits per heavy atom. The molecule has 4 aromatic heterocycles. The van der Waals surface area contributed by atoms with Crippen LogP contribution in [0.25, 0.3) is 21.4 Å². The van der Waals surface area contributed by atoms with E-state index in [1.165, 1.54) is 0 Å². The van der Waals surface area contributed by atoms with Crippen LogP contribution in [0.15, 0.2) is 34.5 Å². The van der Waals surface area contributed by atoms with E-state index in [4.69, 9.17) is 0 Å². The zero-order valence-electron chi connectivity index (χ0n) is 10.7. The monoisotopic (exact) mass is 360 g/mol. The van der Waals surface area contributed by atoms with Crippen molar-refractivity contribution in [1.82, 2.24) is 24.9 Å². The van der Waals surface area contributed by atoms with Crippen molar-refractivity contribution in [3.8, 4) is 0 Å². The fourth-order valence-electron chi connectivity index (χ4n) is 2.11. The molecule has 0 aliphatic carbocycles. The second kappa shape index (κ2) is 5.05. The molecule has 0 saturated carbocycles. The molecule has 104 valence electrons. The summed E-state index contributed by atoms with van der Waals surface area (Å²) in [6, 6.07) is 3.97. The second-order valence-corrected chi connectivity index (χ2v) is 6.23. The van der Waals surface area contributed by atoms with Crippen molar-refractivity contribution in [1.29, 1.82) is 0 Å². The van der Waals surface area contributed by atoms with E-state index in [-0.39, 0.29) is 0 Å². The lowest BCUT2D eigenvalue weighted by atomic mass is 10.4. The number of fused-ring (bicyclic) bond motifs is 2. The van der Waals surface area contributed by atoms with Crippen LogP contribution in [0.5, 0.6) is 0 Å². The van der Waals surface area contributed by atoms with Gasteiger partial charge in [-0.2, -0.15) is 0 Å². The van der Waals surface area contributed by atoms with Gasteiger partial charge in [0.15, 0.2) is 5.65 Å². The molecule has 4 heterocycles. The normalized spacial score (nSPS) is 11.3. The second-order valence-electron chi connectivity index (χ2n) is 4.42. The summed E-state index contributed by atoms with van der Waals surface area (Å²) in [5, 5.41) is 6.32. The number of aromatic amines is 1. The Balaban J connectivity index is 1.61. The van der Waals surface area contributed by atoms with Gasteiger partial charge in [0.05, 0.1) is 17.4 Å². The summed E-state index contributed by atoms with van der Waals surface area (Å²) >= 11 is 5.00. The average molecular weight is 361 g/mol. The highest BCUT2D eigenvalue weighted by molar-refractivity contribution is 9.10. The van der Waals surface area contributed by atoms with E-state index in [2.05, 4.69) is 46.2 Å². The molecule has 0 saturated heterocycles. The van der Waals surface area contributed by atoms with Crippen molar-refractivity contribution >= 4 is 54.5 Å². The number of anilines is 1. The first-order valence-electron chi connectivity index (χ1n) is 6.22. The van der Waals surface area contributed by atoms with E-state index >= 15 is 0 Å². The number of thiophene rings is 1. The van der Waals surface area contributed by atoms with Gasteiger partial charge in [-0.15, -0.1) is 11.3 Å². The van der Waals surface area contributed by atoms with Gasteiger partial charge in [-0.05, 0) is 33.4 Å². The first-order chi connectivity index (χ1) is 10.3. The number of H-pyrrole nitrogens is 1. The van der Waals surface area contributed by atoms with E-state index in [0.29, 0.717) is 12.2 Å². The van der Waals surface area contributed by atoms with Crippen LogP contribution in [-0.2, 0) is 6.54 Å². The molecule has 4 aromatic rings. The van der Waals surface area contributed by atoms with Crippen LogP contribution in [0.2, 0.25) is 0 Å². The number of rotatable bonds is 3. The molecule has 2 N–H and O–H groups in total. The highest BCUT2D eigenvalue weighted by atomic mass is 79.9. The minimum absolute atomic E-state index is 0.552. The number of hydrogen-bond acceptors (Lipinski definition) is 6. The predicted octanol–water partition coefficient (Wildman–Crippen LogP) is 3.34. The standard InChI is InChI=1S/C13H9BrN6S/c14-7-3-9-12(15-4-7)20-10(19-9)5-16-11-8-1-2-21-13(8)18-6-17-11/h1-4,6H,5H2,(H,15,19,20)(H,16,17,18). The Bertz CT molecular complexity index is 931. The maximum atomic E-state index is 4.45. The van der Waals surface area contributed by atoms with Crippen molar-refractivity contribution in [2.75, 3.05) is 5.32 Å². The highest BCUT2D eigenvalue weighted by Crippen LogP contribution is 2.24. The lowest BCUT2D eigenvalue weighted by molar-refractivity contribution is 0.996. The molecule has 0 fully saturated rings. The van der Waals surface area contributed by atoms with Gasteiger partial charge < -0.3 is 10.3 Å². The summed E-state index contributed by atoms with van der Waals surface area (Å²) in [7, 11) is 0. The van der Waals surface area contributed by atoms with Gasteiger partial charge in [0.1, 0.15) is 22.8 Å². The molecule has 0 radical (unpaired) electrons. The number of nitrogens with zero attached hydrogens (tertiary/aromatic N) is 4. The summed E-state index contributed by atoms with van der Waals surface area (Å²) in [5.74, 6) is 1.63. The van der Waals surface area contributed by atoms with Crippen LogP contribution in [0.3, 0.4) is 0 Å². The topological polar surface area (TPSA) is 79.4 Å². The van der Waals surface area contributed by atoms with Crippen molar-refractivity contribution in [3.05, 3.63) is 40.3 Å². The largest absolute Gasteiger partial charge is 0.362 e. The number of pyridine rings is 1. The third-order valence-electron chi connectivity index (χ3n) is 3.04. The lowest BCUT2D eigenvalue weighted by Crippen LogP contribution is -2.03. The van der Waals surface area contributed by atoms with Gasteiger partial charge >= 0.3 is 0 Å². The molecular weight excluding hydrogens is 352 g/mol. The predicted molar refractivity (Wildman–Crippen MR) is 86.3 cm³/mol. The van der Waals surface area contributed by atoms with E-state index in [1.54, 1.807) is 23.9 Å². The maximum absolute atomic E-state index is 4.45. The first kappa shape index (κ1) is 12.7. The molecule has 0 amide bonds. The summed E-state index contributed by atoms with van der Waals surface area (Å²) < 4.78 is 0.925. The zero-order valence-corrected chi connectivity index (χ0v) is 13.1. The van der Waals surface area contributed by atoms with E-state index in [1.807, 2.05) is 17.5 Å². The number of aromatic nitrogens is 5. The Kier molecular flexibility index (Phi) is 3.04. The van der Waals surface area contributed by atoms with Crippen LogP contribution in [0, 0.1) is 0 Å². The van der Waals surface area contributed by atoms with E-state index in [9.17, 15) is 0 Å². The van der Waals surface area contributed by atoms with Gasteiger partial charge in [-0.3, -0.25) is 0 Å². The molecule has 4 rings (SSSR count). The van der Waals surface area contributed by atoms with E-state index in [0.717, 1.165) is 31.8 Å². The Morgan fingerprint density at radius 3 is 3.19 bits per heavy atom. The summed E-state index contributed by atoms with van der Waals surface area (Å²) in [6.45, 7) is 0.552.